The predicted molar refractivity (Wildman–Crippen MR) is 173 cm³/mol. The van der Waals surface area contributed by atoms with Crippen molar-refractivity contribution in [1.82, 2.24) is 10.2 Å². The minimum atomic E-state index is -4.20. The second-order valence-corrected chi connectivity index (χ2v) is 12.4. The molecule has 0 saturated heterocycles. The standard InChI is InChI=1S/C34H36ClN3O5S/c1-3-21-36-34(40)32(22-26-13-6-4-7-14-26)37(24-27-15-10-11-20-31(27)35)33(39)25-38(28-16-12-17-29(23-28)43-2)44(41,42)30-18-8-5-9-19-30/h4-20,23,32H,3,21-22,24-25H2,1-2H3,(H,36,40)/t32-/m0/s1. The molecule has 230 valence electrons. The molecule has 0 radical (unpaired) electrons. The molecule has 0 aliphatic carbocycles. The van der Waals surface area contributed by atoms with Crippen LogP contribution in [-0.4, -0.2) is 51.4 Å². The van der Waals surface area contributed by atoms with Crippen LogP contribution in [0.15, 0.2) is 114 Å². The number of hydrogen-bond donors (Lipinski definition) is 1. The molecule has 44 heavy (non-hydrogen) atoms. The van der Waals surface area contributed by atoms with Gasteiger partial charge in [0, 0.05) is 30.6 Å². The first kappa shape index (κ1) is 32.6. The van der Waals surface area contributed by atoms with E-state index in [1.807, 2.05) is 37.3 Å². The van der Waals surface area contributed by atoms with Gasteiger partial charge in [0.2, 0.25) is 11.8 Å². The highest BCUT2D eigenvalue weighted by Crippen LogP contribution is 2.28. The average molecular weight is 634 g/mol. The molecule has 0 unspecified atom stereocenters. The zero-order valence-electron chi connectivity index (χ0n) is 24.7. The van der Waals surface area contributed by atoms with E-state index in [2.05, 4.69) is 5.32 Å². The Morgan fingerprint density at radius 3 is 2.20 bits per heavy atom. The number of hydrogen-bond acceptors (Lipinski definition) is 5. The van der Waals surface area contributed by atoms with Crippen LogP contribution in [0.2, 0.25) is 5.02 Å². The van der Waals surface area contributed by atoms with Crippen molar-refractivity contribution >= 4 is 39.1 Å². The highest BCUT2D eigenvalue weighted by Gasteiger charge is 2.35. The lowest BCUT2D eigenvalue weighted by Gasteiger charge is -2.34. The summed E-state index contributed by atoms with van der Waals surface area (Å²) in [5.41, 5.74) is 1.72. The van der Waals surface area contributed by atoms with Gasteiger partial charge in [-0.15, -0.1) is 0 Å². The maximum atomic E-state index is 14.5. The summed E-state index contributed by atoms with van der Waals surface area (Å²) < 4.78 is 34.5. The number of methoxy groups -OCH3 is 1. The third-order valence-electron chi connectivity index (χ3n) is 7.07. The number of nitrogens with zero attached hydrogens (tertiary/aromatic N) is 2. The molecule has 0 fully saturated rings. The molecule has 0 aliphatic rings. The molecule has 4 aromatic carbocycles. The molecule has 0 heterocycles. The van der Waals surface area contributed by atoms with Crippen molar-refractivity contribution in [3.63, 3.8) is 0 Å². The zero-order valence-corrected chi connectivity index (χ0v) is 26.3. The number of ether oxygens (including phenoxy) is 1. The summed E-state index contributed by atoms with van der Waals surface area (Å²) in [7, 11) is -2.72. The van der Waals surface area contributed by atoms with Gasteiger partial charge in [-0.05, 0) is 47.9 Å². The van der Waals surface area contributed by atoms with Crippen molar-refractivity contribution in [1.29, 1.82) is 0 Å². The molecular weight excluding hydrogens is 598 g/mol. The summed E-state index contributed by atoms with van der Waals surface area (Å²) in [4.78, 5) is 29.6. The van der Waals surface area contributed by atoms with Crippen LogP contribution in [0.1, 0.15) is 24.5 Å². The monoisotopic (exact) mass is 633 g/mol. The fourth-order valence-corrected chi connectivity index (χ4v) is 6.37. The number of halogens is 1. The number of anilines is 1. The maximum Gasteiger partial charge on any atom is 0.264 e. The molecule has 10 heteroatoms. The van der Waals surface area contributed by atoms with E-state index in [1.54, 1.807) is 66.7 Å². The number of sulfonamides is 1. The van der Waals surface area contributed by atoms with E-state index in [1.165, 1.54) is 24.1 Å². The lowest BCUT2D eigenvalue weighted by atomic mass is 10.0. The molecule has 0 aliphatic heterocycles. The molecule has 0 saturated carbocycles. The Bertz CT molecular complexity index is 1650. The molecule has 1 N–H and O–H groups in total. The number of carbonyl (C=O) groups excluding carboxylic acids is 2. The topological polar surface area (TPSA) is 96.0 Å². The summed E-state index contributed by atoms with van der Waals surface area (Å²) in [6.07, 6.45) is 0.929. The van der Waals surface area contributed by atoms with Crippen LogP contribution >= 0.6 is 11.6 Å². The van der Waals surface area contributed by atoms with Crippen LogP contribution in [0.3, 0.4) is 0 Å². The Morgan fingerprint density at radius 1 is 0.886 bits per heavy atom. The Labute approximate surface area is 264 Å². The average Bonchev–Trinajstić information content (AvgIpc) is 3.05. The highest BCUT2D eigenvalue weighted by atomic mass is 35.5. The van der Waals surface area contributed by atoms with Gasteiger partial charge in [0.05, 0.1) is 17.7 Å². The number of amides is 2. The van der Waals surface area contributed by atoms with Crippen molar-refractivity contribution in [3.8, 4) is 5.75 Å². The van der Waals surface area contributed by atoms with Crippen molar-refractivity contribution in [2.24, 2.45) is 0 Å². The van der Waals surface area contributed by atoms with Crippen molar-refractivity contribution < 1.29 is 22.7 Å². The summed E-state index contributed by atoms with van der Waals surface area (Å²) in [6.45, 7) is 1.80. The summed E-state index contributed by atoms with van der Waals surface area (Å²) in [5.74, 6) is -0.480. The first-order chi connectivity index (χ1) is 21.2. The van der Waals surface area contributed by atoms with E-state index < -0.39 is 28.5 Å². The fraction of sp³-hybridized carbons (Fsp3) is 0.235. The SMILES string of the molecule is CCCNC(=O)[C@H](Cc1ccccc1)N(Cc1ccccc1Cl)C(=O)CN(c1cccc(OC)c1)S(=O)(=O)c1ccccc1. The van der Waals surface area contributed by atoms with Crippen molar-refractivity contribution in [2.75, 3.05) is 24.5 Å². The third kappa shape index (κ3) is 8.18. The first-order valence-electron chi connectivity index (χ1n) is 14.3. The molecule has 4 aromatic rings. The Hall–Kier alpha value is -4.34. The van der Waals surface area contributed by atoms with Gasteiger partial charge in [-0.2, -0.15) is 0 Å². The number of rotatable bonds is 14. The largest absolute Gasteiger partial charge is 0.497 e. The maximum absolute atomic E-state index is 14.5. The molecular formula is C34H36ClN3O5S. The number of nitrogens with one attached hydrogen (secondary N) is 1. The Balaban J connectivity index is 1.81. The molecule has 0 bridgehead atoms. The quantitative estimate of drug-likeness (QED) is 0.192. The van der Waals surface area contributed by atoms with Crippen LogP contribution in [-0.2, 0) is 32.6 Å². The second kappa shape index (κ2) is 15.4. The van der Waals surface area contributed by atoms with E-state index in [4.69, 9.17) is 16.3 Å². The summed E-state index contributed by atoms with van der Waals surface area (Å²) in [6, 6.07) is 29.9. The van der Waals surface area contributed by atoms with Gasteiger partial charge in [-0.25, -0.2) is 8.42 Å². The minimum Gasteiger partial charge on any atom is -0.497 e. The van der Waals surface area contributed by atoms with Gasteiger partial charge in [0.15, 0.2) is 0 Å². The molecule has 0 aromatic heterocycles. The van der Waals surface area contributed by atoms with E-state index >= 15 is 0 Å². The second-order valence-electron chi connectivity index (χ2n) is 10.1. The van der Waals surface area contributed by atoms with Crippen LogP contribution in [0, 0.1) is 0 Å². The van der Waals surface area contributed by atoms with Gasteiger partial charge in [0.1, 0.15) is 18.3 Å². The predicted octanol–water partition coefficient (Wildman–Crippen LogP) is 5.71. The highest BCUT2D eigenvalue weighted by molar-refractivity contribution is 7.92. The van der Waals surface area contributed by atoms with Crippen molar-refractivity contribution in [2.45, 2.75) is 37.2 Å². The van der Waals surface area contributed by atoms with E-state index in [9.17, 15) is 18.0 Å². The minimum absolute atomic E-state index is 0.00706. The van der Waals surface area contributed by atoms with Gasteiger partial charge < -0.3 is 15.0 Å². The fourth-order valence-electron chi connectivity index (χ4n) is 4.74. The number of benzene rings is 4. The lowest BCUT2D eigenvalue weighted by Crippen LogP contribution is -2.53. The number of carbonyl (C=O) groups is 2. The molecule has 0 spiro atoms. The van der Waals surface area contributed by atoms with E-state index in [0.717, 1.165) is 9.87 Å². The van der Waals surface area contributed by atoms with E-state index in [0.29, 0.717) is 29.3 Å². The first-order valence-corrected chi connectivity index (χ1v) is 16.1. The summed E-state index contributed by atoms with van der Waals surface area (Å²) in [5, 5.41) is 3.36. The van der Waals surface area contributed by atoms with Gasteiger partial charge in [-0.3, -0.25) is 13.9 Å². The van der Waals surface area contributed by atoms with Crippen LogP contribution < -0.4 is 14.4 Å². The van der Waals surface area contributed by atoms with Crippen LogP contribution in [0.5, 0.6) is 5.75 Å². The molecule has 2 amide bonds. The third-order valence-corrected chi connectivity index (χ3v) is 9.23. The Kier molecular flexibility index (Phi) is 11.4. The van der Waals surface area contributed by atoms with E-state index in [-0.39, 0.29) is 29.5 Å². The Morgan fingerprint density at radius 2 is 1.55 bits per heavy atom. The summed E-state index contributed by atoms with van der Waals surface area (Å²) >= 11 is 6.53. The van der Waals surface area contributed by atoms with Crippen LogP contribution in [0.4, 0.5) is 5.69 Å². The molecule has 1 atom stereocenters. The normalized spacial score (nSPS) is 11.8. The zero-order chi connectivity index (χ0) is 31.5. The van der Waals surface area contributed by atoms with Crippen LogP contribution in [0.25, 0.3) is 0 Å². The van der Waals surface area contributed by atoms with Gasteiger partial charge >= 0.3 is 0 Å². The van der Waals surface area contributed by atoms with Gasteiger partial charge in [-0.1, -0.05) is 91.3 Å². The smallest absolute Gasteiger partial charge is 0.264 e. The molecule has 8 nitrogen and oxygen atoms in total. The van der Waals surface area contributed by atoms with Gasteiger partial charge in [0.25, 0.3) is 10.0 Å². The van der Waals surface area contributed by atoms with Crippen molar-refractivity contribution in [3.05, 3.63) is 125 Å². The molecule has 4 rings (SSSR count). The lowest BCUT2D eigenvalue weighted by molar-refractivity contribution is -0.140.